The van der Waals surface area contributed by atoms with E-state index < -0.39 is 11.9 Å². The smallest absolute Gasteiger partial charge is 0.337 e. The van der Waals surface area contributed by atoms with Crippen molar-refractivity contribution in [3.05, 3.63) is 59.3 Å². The molecular weight excluding hydrogens is 615 g/mol. The molecule has 2 fully saturated rings. The largest absolute Gasteiger partial charge is 0.435 e. The Morgan fingerprint density at radius 2 is 1.87 bits per heavy atom. The number of benzene rings is 1. The van der Waals surface area contributed by atoms with Crippen LogP contribution in [0.2, 0.25) is 5.02 Å². The van der Waals surface area contributed by atoms with E-state index in [1.807, 2.05) is 0 Å². The zero-order chi connectivity index (χ0) is 31.9. The molecule has 4 aromatic rings. The lowest BCUT2D eigenvalue weighted by Gasteiger charge is -2.36. The van der Waals surface area contributed by atoms with Gasteiger partial charge in [0.25, 0.3) is 5.91 Å². The molecule has 2 aliphatic rings. The molecule has 5 heterocycles. The van der Waals surface area contributed by atoms with Gasteiger partial charge in [-0.3, -0.25) is 13.9 Å². The summed E-state index contributed by atoms with van der Waals surface area (Å²) in [6.45, 7) is 2.35. The standard InChI is InChI=1S/C28H27ClF3N11O2/c29-21-13-18(1-2-19(21)26(44)39-9-11-40(12-10-39)27(45)41-6-3-17(34)15-41)37-24-25-36-14-22(43(25)8-5-35-24)20-16-42(7-4-33)38-23(20)28(30,31)32/h1-2,5,8,13-14,16-17H,3,6-7,9-12,15,34H2,(H,35,37)/t17-/m1/s1. The van der Waals surface area contributed by atoms with Gasteiger partial charge in [-0.2, -0.15) is 23.5 Å². The van der Waals surface area contributed by atoms with Crippen LogP contribution in [0, 0.1) is 11.3 Å². The van der Waals surface area contributed by atoms with Crippen LogP contribution in [-0.2, 0) is 12.7 Å². The number of alkyl halides is 3. The van der Waals surface area contributed by atoms with Crippen LogP contribution in [0.4, 0.5) is 29.5 Å². The minimum atomic E-state index is -4.75. The van der Waals surface area contributed by atoms with Gasteiger partial charge in [0.1, 0.15) is 6.54 Å². The van der Waals surface area contributed by atoms with E-state index in [0.29, 0.717) is 45.0 Å². The van der Waals surface area contributed by atoms with Gasteiger partial charge in [-0.15, -0.1) is 0 Å². The van der Waals surface area contributed by atoms with Gasteiger partial charge in [-0.25, -0.2) is 14.8 Å². The third-order valence-electron chi connectivity index (χ3n) is 7.76. The van der Waals surface area contributed by atoms with Crippen LogP contribution < -0.4 is 11.1 Å². The highest BCUT2D eigenvalue weighted by Gasteiger charge is 2.38. The number of nitrogens with zero attached hydrogens (tertiary/aromatic N) is 9. The van der Waals surface area contributed by atoms with Crippen LogP contribution in [0.3, 0.4) is 0 Å². The number of nitrogens with one attached hydrogen (secondary N) is 1. The Bertz CT molecular complexity index is 1810. The first-order valence-corrected chi connectivity index (χ1v) is 14.4. The monoisotopic (exact) mass is 641 g/mol. The van der Waals surface area contributed by atoms with Crippen molar-refractivity contribution in [2.24, 2.45) is 5.73 Å². The summed E-state index contributed by atoms with van der Waals surface area (Å²) in [6.07, 6.45) is 1.31. The number of fused-ring (bicyclic) bond motifs is 1. The molecule has 3 N–H and O–H groups in total. The molecule has 2 aliphatic heterocycles. The van der Waals surface area contributed by atoms with Crippen molar-refractivity contribution >= 4 is 40.7 Å². The fraction of sp³-hybridized carbons (Fsp3) is 0.357. The van der Waals surface area contributed by atoms with Crippen molar-refractivity contribution < 1.29 is 22.8 Å². The van der Waals surface area contributed by atoms with Crippen LogP contribution in [-0.4, -0.2) is 96.1 Å². The van der Waals surface area contributed by atoms with Gasteiger partial charge in [0.2, 0.25) is 0 Å². The Balaban J connectivity index is 1.17. The van der Waals surface area contributed by atoms with Crippen molar-refractivity contribution in [3.8, 4) is 17.3 Å². The van der Waals surface area contributed by atoms with E-state index in [1.165, 1.54) is 23.0 Å². The van der Waals surface area contributed by atoms with Crippen LogP contribution in [0.5, 0.6) is 0 Å². The third-order valence-corrected chi connectivity index (χ3v) is 8.07. The second-order valence-electron chi connectivity index (χ2n) is 10.7. The number of likely N-dealkylation sites (tertiary alicyclic amines) is 1. The van der Waals surface area contributed by atoms with E-state index >= 15 is 0 Å². The maximum Gasteiger partial charge on any atom is 0.435 e. The van der Waals surface area contributed by atoms with Crippen molar-refractivity contribution in [1.82, 2.24) is 38.8 Å². The summed E-state index contributed by atoms with van der Waals surface area (Å²) < 4.78 is 43.6. The molecule has 0 saturated carbocycles. The van der Waals surface area contributed by atoms with E-state index in [-0.39, 0.29) is 57.8 Å². The molecule has 0 bridgehead atoms. The molecule has 6 rings (SSSR count). The highest BCUT2D eigenvalue weighted by Crippen LogP contribution is 2.37. The molecule has 1 aromatic carbocycles. The number of rotatable bonds is 5. The number of halogens is 4. The summed E-state index contributed by atoms with van der Waals surface area (Å²) in [4.78, 5) is 39.7. The summed E-state index contributed by atoms with van der Waals surface area (Å²) in [5.74, 6) is -0.0333. The van der Waals surface area contributed by atoms with Gasteiger partial charge in [-0.05, 0) is 24.6 Å². The van der Waals surface area contributed by atoms with Crippen LogP contribution in [0.1, 0.15) is 22.5 Å². The van der Waals surface area contributed by atoms with Crippen molar-refractivity contribution in [2.75, 3.05) is 44.6 Å². The molecule has 45 heavy (non-hydrogen) atoms. The zero-order valence-electron chi connectivity index (χ0n) is 23.7. The molecule has 0 unspecified atom stereocenters. The van der Waals surface area contributed by atoms with Gasteiger partial charge in [-0.1, -0.05) is 11.6 Å². The predicted octanol–water partition coefficient (Wildman–Crippen LogP) is 3.44. The number of carbonyl (C=O) groups is 2. The highest BCUT2D eigenvalue weighted by molar-refractivity contribution is 6.34. The Labute approximate surface area is 259 Å². The Kier molecular flexibility index (Phi) is 7.97. The molecule has 13 nitrogen and oxygen atoms in total. The zero-order valence-corrected chi connectivity index (χ0v) is 24.5. The lowest BCUT2D eigenvalue weighted by molar-refractivity contribution is -0.141. The first kappa shape index (κ1) is 30.2. The fourth-order valence-electron chi connectivity index (χ4n) is 5.51. The SMILES string of the molecule is N#CCn1cc(-c2cnc3c(Nc4ccc(C(=O)N5CCN(C(=O)N6CC[C@@H](N)C6)CC5)c(Cl)c4)nccn23)c(C(F)(F)F)n1. The van der Waals surface area contributed by atoms with E-state index in [4.69, 9.17) is 22.6 Å². The first-order chi connectivity index (χ1) is 21.5. The molecule has 2 saturated heterocycles. The maximum absolute atomic E-state index is 13.8. The number of urea groups is 1. The van der Waals surface area contributed by atoms with E-state index in [0.717, 1.165) is 17.3 Å². The van der Waals surface area contributed by atoms with E-state index in [9.17, 15) is 22.8 Å². The van der Waals surface area contributed by atoms with Crippen molar-refractivity contribution in [1.29, 1.82) is 5.26 Å². The van der Waals surface area contributed by atoms with Gasteiger partial charge in [0.05, 0.1) is 34.1 Å². The van der Waals surface area contributed by atoms with Gasteiger partial charge < -0.3 is 25.8 Å². The Morgan fingerprint density at radius 3 is 2.53 bits per heavy atom. The molecule has 17 heteroatoms. The molecule has 0 aliphatic carbocycles. The molecule has 3 amide bonds. The quantitative estimate of drug-likeness (QED) is 0.336. The number of imidazole rings is 1. The third kappa shape index (κ3) is 5.96. The molecule has 1 atom stereocenters. The van der Waals surface area contributed by atoms with Crippen molar-refractivity contribution in [2.45, 2.75) is 25.2 Å². The van der Waals surface area contributed by atoms with Gasteiger partial charge in [0.15, 0.2) is 17.2 Å². The lowest BCUT2D eigenvalue weighted by atomic mass is 10.1. The molecule has 234 valence electrons. The second-order valence-corrected chi connectivity index (χ2v) is 11.1. The number of hydrogen-bond acceptors (Lipinski definition) is 8. The normalized spacial score (nSPS) is 17.2. The highest BCUT2D eigenvalue weighted by atomic mass is 35.5. The Morgan fingerprint density at radius 1 is 1.11 bits per heavy atom. The van der Waals surface area contributed by atoms with Crippen LogP contribution in [0.25, 0.3) is 16.9 Å². The summed E-state index contributed by atoms with van der Waals surface area (Å²) in [5.41, 5.74) is 5.65. The summed E-state index contributed by atoms with van der Waals surface area (Å²) in [6, 6.07) is 6.48. The number of hydrogen-bond donors (Lipinski definition) is 2. The summed E-state index contributed by atoms with van der Waals surface area (Å²) >= 11 is 6.53. The minimum absolute atomic E-state index is 0.00408. The number of amides is 3. The molecule has 0 spiro atoms. The predicted molar refractivity (Wildman–Crippen MR) is 157 cm³/mol. The number of anilines is 2. The summed E-state index contributed by atoms with van der Waals surface area (Å²) in [7, 11) is 0. The van der Waals surface area contributed by atoms with E-state index in [1.54, 1.807) is 39.0 Å². The number of carbonyl (C=O) groups excluding carboxylic acids is 2. The Hall–Kier alpha value is -4.88. The van der Waals surface area contributed by atoms with Crippen LogP contribution in [0.15, 0.2) is 43.0 Å². The number of nitrogens with two attached hydrogens (primary N) is 1. The maximum atomic E-state index is 13.8. The number of aromatic nitrogens is 5. The molecule has 0 radical (unpaired) electrons. The van der Waals surface area contributed by atoms with Gasteiger partial charge >= 0.3 is 12.2 Å². The average molecular weight is 642 g/mol. The lowest BCUT2D eigenvalue weighted by Crippen LogP contribution is -2.54. The minimum Gasteiger partial charge on any atom is -0.337 e. The van der Waals surface area contributed by atoms with Crippen molar-refractivity contribution in [3.63, 3.8) is 0 Å². The molecular formula is C28H27ClF3N11O2. The second kappa shape index (κ2) is 11.9. The fourth-order valence-corrected chi connectivity index (χ4v) is 5.77. The van der Waals surface area contributed by atoms with Gasteiger partial charge in [0, 0.05) is 69.6 Å². The van der Waals surface area contributed by atoms with E-state index in [2.05, 4.69) is 20.4 Å². The molecule has 3 aromatic heterocycles. The first-order valence-electron chi connectivity index (χ1n) is 14.0. The van der Waals surface area contributed by atoms with Crippen LogP contribution >= 0.6 is 11.6 Å². The average Bonchev–Trinajstić information content (AvgIpc) is 3.75. The number of nitriles is 1. The number of piperazine rings is 1. The topological polar surface area (TPSA) is 154 Å². The summed E-state index contributed by atoms with van der Waals surface area (Å²) in [5, 5.41) is 15.7.